The molecule has 1 aliphatic rings. The molecule has 0 aliphatic carbocycles. The van der Waals surface area contributed by atoms with E-state index in [1.54, 1.807) is 0 Å². The molecule has 1 N–H and O–H groups in total. The highest BCUT2D eigenvalue weighted by Gasteiger charge is 2.21. The minimum Gasteiger partial charge on any atom is -0.371 e. The summed E-state index contributed by atoms with van der Waals surface area (Å²) in [5.74, 6) is 0.923. The van der Waals surface area contributed by atoms with Crippen molar-refractivity contribution in [3.63, 3.8) is 0 Å². The molecule has 0 bridgehead atoms. The van der Waals surface area contributed by atoms with E-state index < -0.39 is 0 Å². The van der Waals surface area contributed by atoms with Crippen molar-refractivity contribution in [1.82, 2.24) is 5.32 Å². The van der Waals surface area contributed by atoms with Gasteiger partial charge in [-0.25, -0.2) is 0 Å². The summed E-state index contributed by atoms with van der Waals surface area (Å²) in [7, 11) is 0. The normalized spacial score (nSPS) is 16.4. The van der Waals surface area contributed by atoms with Crippen LogP contribution in [0.5, 0.6) is 0 Å². The van der Waals surface area contributed by atoms with Crippen LogP contribution in [-0.4, -0.2) is 19.6 Å². The molecule has 21 heavy (non-hydrogen) atoms. The Morgan fingerprint density at radius 1 is 1.19 bits per heavy atom. The zero-order chi connectivity index (χ0) is 15.1. The largest absolute Gasteiger partial charge is 0.371 e. The zero-order valence-electron chi connectivity index (χ0n) is 13.5. The molecule has 2 nitrogen and oxygen atoms in total. The first-order chi connectivity index (χ1) is 10.3. The minimum absolute atomic E-state index is 0.873. The van der Waals surface area contributed by atoms with Gasteiger partial charge in [-0.2, -0.15) is 0 Å². The maximum absolute atomic E-state index is 6.44. The van der Waals surface area contributed by atoms with Crippen LogP contribution in [0.1, 0.15) is 51.5 Å². The molecule has 3 heteroatoms. The highest BCUT2D eigenvalue weighted by Crippen LogP contribution is 2.31. The summed E-state index contributed by atoms with van der Waals surface area (Å²) < 4.78 is 0. The second-order valence-electron chi connectivity index (χ2n) is 6.13. The van der Waals surface area contributed by atoms with E-state index in [0.29, 0.717) is 0 Å². The number of halogens is 1. The lowest BCUT2D eigenvalue weighted by Gasteiger charge is -2.35. The summed E-state index contributed by atoms with van der Waals surface area (Å²) in [6, 6.07) is 6.33. The number of rotatable bonds is 7. The second kappa shape index (κ2) is 8.65. The van der Waals surface area contributed by atoms with E-state index in [-0.39, 0.29) is 0 Å². The lowest BCUT2D eigenvalue weighted by molar-refractivity contribution is 0.378. The predicted molar refractivity (Wildman–Crippen MR) is 93.3 cm³/mol. The maximum atomic E-state index is 6.44. The van der Waals surface area contributed by atoms with Crippen molar-refractivity contribution in [3.05, 3.63) is 28.8 Å². The highest BCUT2D eigenvalue weighted by molar-refractivity contribution is 6.31. The fourth-order valence-electron chi connectivity index (χ4n) is 3.28. The van der Waals surface area contributed by atoms with Gasteiger partial charge in [0.1, 0.15) is 0 Å². The topological polar surface area (TPSA) is 15.3 Å². The molecule has 0 unspecified atom stereocenters. The molecule has 1 fully saturated rings. The summed E-state index contributed by atoms with van der Waals surface area (Å²) in [4.78, 5) is 2.53. The van der Waals surface area contributed by atoms with Crippen molar-refractivity contribution < 1.29 is 0 Å². The van der Waals surface area contributed by atoms with Crippen molar-refractivity contribution in [1.29, 1.82) is 0 Å². The molecule has 1 aliphatic heterocycles. The summed E-state index contributed by atoms with van der Waals surface area (Å²) >= 11 is 6.44. The van der Waals surface area contributed by atoms with Crippen molar-refractivity contribution in [2.24, 2.45) is 5.92 Å². The Morgan fingerprint density at radius 3 is 2.62 bits per heavy atom. The molecule has 0 atom stereocenters. The summed E-state index contributed by atoms with van der Waals surface area (Å²) in [6.07, 6.45) is 6.49. The molecule has 0 amide bonds. The van der Waals surface area contributed by atoms with Gasteiger partial charge in [-0.1, -0.05) is 44.4 Å². The monoisotopic (exact) mass is 308 g/mol. The van der Waals surface area contributed by atoms with Crippen LogP contribution in [0, 0.1) is 5.92 Å². The summed E-state index contributed by atoms with van der Waals surface area (Å²) in [5, 5.41) is 4.38. The SMILES string of the molecule is CCCNCc1c(Cl)cccc1N1CCC(CCC)CC1. The lowest BCUT2D eigenvalue weighted by atomic mass is 9.92. The van der Waals surface area contributed by atoms with Crippen molar-refractivity contribution in [2.45, 2.75) is 52.5 Å². The van der Waals surface area contributed by atoms with E-state index in [2.05, 4.69) is 36.2 Å². The number of piperidine rings is 1. The highest BCUT2D eigenvalue weighted by atomic mass is 35.5. The van der Waals surface area contributed by atoms with Crippen molar-refractivity contribution in [2.75, 3.05) is 24.5 Å². The van der Waals surface area contributed by atoms with Crippen LogP contribution in [0.25, 0.3) is 0 Å². The Morgan fingerprint density at radius 2 is 1.95 bits per heavy atom. The Kier molecular flexibility index (Phi) is 6.85. The Balaban J connectivity index is 2.04. The van der Waals surface area contributed by atoms with Crippen LogP contribution in [0.2, 0.25) is 5.02 Å². The van der Waals surface area contributed by atoms with Gasteiger partial charge in [0.2, 0.25) is 0 Å². The first-order valence-electron chi connectivity index (χ1n) is 8.49. The quantitative estimate of drug-likeness (QED) is 0.724. The van der Waals surface area contributed by atoms with Crippen LogP contribution in [0.15, 0.2) is 18.2 Å². The van der Waals surface area contributed by atoms with Gasteiger partial charge in [0.25, 0.3) is 0 Å². The van der Waals surface area contributed by atoms with Crippen LogP contribution >= 0.6 is 11.6 Å². The van der Waals surface area contributed by atoms with Gasteiger partial charge in [0, 0.05) is 35.9 Å². The van der Waals surface area contributed by atoms with Crippen molar-refractivity contribution in [3.8, 4) is 0 Å². The first-order valence-corrected chi connectivity index (χ1v) is 8.87. The first kappa shape index (κ1) is 16.6. The predicted octanol–water partition coefficient (Wildman–Crippen LogP) is 4.86. The van der Waals surface area contributed by atoms with Gasteiger partial charge in [0.15, 0.2) is 0 Å². The Bertz CT molecular complexity index is 425. The van der Waals surface area contributed by atoms with Crippen LogP contribution < -0.4 is 10.2 Å². The molecule has 0 radical (unpaired) electrons. The van der Waals surface area contributed by atoms with E-state index >= 15 is 0 Å². The third-order valence-electron chi connectivity index (χ3n) is 4.47. The van der Waals surface area contributed by atoms with Crippen molar-refractivity contribution >= 4 is 17.3 Å². The van der Waals surface area contributed by atoms with E-state index in [1.165, 1.54) is 50.0 Å². The lowest BCUT2D eigenvalue weighted by Crippen LogP contribution is -2.34. The molecule has 1 aromatic rings. The Hall–Kier alpha value is -0.730. The standard InChI is InChI=1S/C18H29ClN2/c1-3-6-15-9-12-21(13-10-15)18-8-5-7-17(19)16(18)14-20-11-4-2/h5,7-8,15,20H,3-4,6,9-14H2,1-2H3. The van der Waals surface area contributed by atoms with Crippen LogP contribution in [-0.2, 0) is 6.54 Å². The summed E-state index contributed by atoms with van der Waals surface area (Å²) in [6.45, 7) is 8.75. The third-order valence-corrected chi connectivity index (χ3v) is 4.83. The van der Waals surface area contributed by atoms with E-state index in [9.17, 15) is 0 Å². The molecular formula is C18H29ClN2. The van der Waals surface area contributed by atoms with E-state index in [4.69, 9.17) is 11.6 Å². The molecule has 1 aromatic carbocycles. The Labute approximate surface area is 134 Å². The third kappa shape index (κ3) is 4.62. The average Bonchev–Trinajstić information content (AvgIpc) is 2.50. The zero-order valence-corrected chi connectivity index (χ0v) is 14.3. The van der Waals surface area contributed by atoms with Crippen LogP contribution in [0.4, 0.5) is 5.69 Å². The van der Waals surface area contributed by atoms with E-state index in [1.807, 2.05) is 6.07 Å². The molecule has 118 valence electrons. The number of hydrogen-bond acceptors (Lipinski definition) is 2. The van der Waals surface area contributed by atoms with Gasteiger partial charge in [0.05, 0.1) is 0 Å². The van der Waals surface area contributed by atoms with Gasteiger partial charge in [-0.15, -0.1) is 0 Å². The van der Waals surface area contributed by atoms with Gasteiger partial charge < -0.3 is 10.2 Å². The van der Waals surface area contributed by atoms with Crippen LogP contribution in [0.3, 0.4) is 0 Å². The van der Waals surface area contributed by atoms with Gasteiger partial charge in [-0.3, -0.25) is 0 Å². The maximum Gasteiger partial charge on any atom is 0.0471 e. The fourth-order valence-corrected chi connectivity index (χ4v) is 3.52. The summed E-state index contributed by atoms with van der Waals surface area (Å²) in [5.41, 5.74) is 2.60. The number of nitrogens with one attached hydrogen (secondary N) is 1. The molecule has 1 saturated heterocycles. The number of benzene rings is 1. The fraction of sp³-hybridized carbons (Fsp3) is 0.667. The molecule has 0 aromatic heterocycles. The van der Waals surface area contributed by atoms with Gasteiger partial charge in [-0.05, 0) is 43.9 Å². The number of hydrogen-bond donors (Lipinski definition) is 1. The molecule has 0 spiro atoms. The van der Waals surface area contributed by atoms with E-state index in [0.717, 1.165) is 30.5 Å². The van der Waals surface area contributed by atoms with Gasteiger partial charge >= 0.3 is 0 Å². The number of anilines is 1. The molecular weight excluding hydrogens is 280 g/mol. The minimum atomic E-state index is 0.873. The smallest absolute Gasteiger partial charge is 0.0471 e. The average molecular weight is 309 g/mol. The molecule has 2 rings (SSSR count). The molecule has 1 heterocycles. The second-order valence-corrected chi connectivity index (χ2v) is 6.54. The molecule has 0 saturated carbocycles. The number of nitrogens with zero attached hydrogens (tertiary/aromatic N) is 1.